The SMILES string of the molecule is O=C(O)[C@H]1CCCN1c1nnc(-c2cc(Br)ccc2F)s1. The van der Waals surface area contributed by atoms with Gasteiger partial charge >= 0.3 is 5.97 Å². The first-order valence-corrected chi connectivity index (χ1v) is 7.95. The minimum atomic E-state index is -0.863. The van der Waals surface area contributed by atoms with E-state index in [0.29, 0.717) is 28.7 Å². The van der Waals surface area contributed by atoms with E-state index in [1.165, 1.54) is 17.4 Å². The van der Waals surface area contributed by atoms with Crippen LogP contribution in [0, 0.1) is 5.82 Å². The lowest BCUT2D eigenvalue weighted by Crippen LogP contribution is -2.35. The van der Waals surface area contributed by atoms with Crippen molar-refractivity contribution in [1.82, 2.24) is 10.2 Å². The van der Waals surface area contributed by atoms with Gasteiger partial charge in [-0.1, -0.05) is 27.3 Å². The van der Waals surface area contributed by atoms with Gasteiger partial charge in [-0.2, -0.15) is 0 Å². The third-order valence-electron chi connectivity index (χ3n) is 3.36. The molecule has 0 aliphatic carbocycles. The van der Waals surface area contributed by atoms with E-state index < -0.39 is 12.0 Å². The minimum absolute atomic E-state index is 0.360. The van der Waals surface area contributed by atoms with Crippen molar-refractivity contribution in [3.05, 3.63) is 28.5 Å². The van der Waals surface area contributed by atoms with Crippen molar-refractivity contribution in [2.75, 3.05) is 11.4 Å². The number of carboxylic acids is 1. The van der Waals surface area contributed by atoms with Crippen molar-refractivity contribution in [3.63, 3.8) is 0 Å². The van der Waals surface area contributed by atoms with E-state index >= 15 is 0 Å². The number of nitrogens with zero attached hydrogens (tertiary/aromatic N) is 3. The number of hydrogen-bond donors (Lipinski definition) is 1. The van der Waals surface area contributed by atoms with Crippen LogP contribution < -0.4 is 4.90 Å². The lowest BCUT2D eigenvalue weighted by molar-refractivity contribution is -0.138. The monoisotopic (exact) mass is 371 g/mol. The molecule has 110 valence electrons. The lowest BCUT2D eigenvalue weighted by atomic mass is 10.2. The van der Waals surface area contributed by atoms with Crippen molar-refractivity contribution in [2.45, 2.75) is 18.9 Å². The molecular weight excluding hydrogens is 361 g/mol. The highest BCUT2D eigenvalue weighted by Gasteiger charge is 2.32. The molecule has 5 nitrogen and oxygen atoms in total. The molecule has 0 amide bonds. The van der Waals surface area contributed by atoms with E-state index in [0.717, 1.165) is 10.9 Å². The van der Waals surface area contributed by atoms with Gasteiger partial charge < -0.3 is 10.0 Å². The topological polar surface area (TPSA) is 66.3 Å². The van der Waals surface area contributed by atoms with E-state index in [9.17, 15) is 14.3 Å². The van der Waals surface area contributed by atoms with Gasteiger partial charge in [-0.15, -0.1) is 10.2 Å². The summed E-state index contributed by atoms with van der Waals surface area (Å²) in [5.41, 5.74) is 0.360. The fourth-order valence-electron chi connectivity index (χ4n) is 2.35. The third-order valence-corrected chi connectivity index (χ3v) is 4.84. The van der Waals surface area contributed by atoms with Crippen LogP contribution in [0.3, 0.4) is 0 Å². The van der Waals surface area contributed by atoms with Gasteiger partial charge in [0.25, 0.3) is 0 Å². The summed E-state index contributed by atoms with van der Waals surface area (Å²) in [6.07, 6.45) is 1.40. The number of carbonyl (C=O) groups is 1. The second kappa shape index (κ2) is 5.69. The molecule has 2 heterocycles. The maximum atomic E-state index is 13.9. The third kappa shape index (κ3) is 2.77. The zero-order chi connectivity index (χ0) is 15.0. The summed E-state index contributed by atoms with van der Waals surface area (Å²) in [6, 6.07) is 4.04. The molecule has 1 aromatic heterocycles. The predicted molar refractivity (Wildman–Crippen MR) is 81.0 cm³/mol. The van der Waals surface area contributed by atoms with Gasteiger partial charge in [0.1, 0.15) is 11.9 Å². The summed E-state index contributed by atoms with van der Waals surface area (Å²) < 4.78 is 14.6. The number of halogens is 2. The molecule has 1 aliphatic rings. The zero-order valence-electron chi connectivity index (χ0n) is 10.8. The molecule has 1 aliphatic heterocycles. The molecule has 0 bridgehead atoms. The fourth-order valence-corrected chi connectivity index (χ4v) is 3.65. The molecule has 1 fully saturated rings. The summed E-state index contributed by atoms with van der Waals surface area (Å²) in [6.45, 7) is 0.632. The maximum Gasteiger partial charge on any atom is 0.326 e. The Morgan fingerprint density at radius 2 is 2.29 bits per heavy atom. The highest BCUT2D eigenvalue weighted by Crippen LogP contribution is 2.34. The van der Waals surface area contributed by atoms with Gasteiger partial charge in [0, 0.05) is 16.6 Å². The average molecular weight is 372 g/mol. The second-order valence-corrected chi connectivity index (χ2v) is 6.58. The van der Waals surface area contributed by atoms with E-state index in [2.05, 4.69) is 26.1 Å². The second-order valence-electron chi connectivity index (χ2n) is 4.70. The normalized spacial score (nSPS) is 18.2. The van der Waals surface area contributed by atoms with Crippen LogP contribution in [0.2, 0.25) is 0 Å². The molecule has 1 N–H and O–H groups in total. The van der Waals surface area contributed by atoms with Crippen LogP contribution in [0.5, 0.6) is 0 Å². The molecule has 2 aromatic rings. The molecule has 3 rings (SSSR count). The Balaban J connectivity index is 1.93. The van der Waals surface area contributed by atoms with Crippen molar-refractivity contribution in [3.8, 4) is 10.6 Å². The number of benzene rings is 1. The average Bonchev–Trinajstić information content (AvgIpc) is 3.08. The van der Waals surface area contributed by atoms with Gasteiger partial charge in [-0.05, 0) is 31.0 Å². The maximum absolute atomic E-state index is 13.9. The summed E-state index contributed by atoms with van der Waals surface area (Å²) in [5.74, 6) is -1.24. The molecule has 1 aromatic carbocycles. The quantitative estimate of drug-likeness (QED) is 0.897. The lowest BCUT2D eigenvalue weighted by Gasteiger charge is -2.19. The number of anilines is 1. The van der Waals surface area contributed by atoms with E-state index in [1.54, 1.807) is 17.0 Å². The Morgan fingerprint density at radius 1 is 1.48 bits per heavy atom. The first-order valence-electron chi connectivity index (χ1n) is 6.34. The van der Waals surface area contributed by atoms with Gasteiger partial charge in [0.2, 0.25) is 5.13 Å². The van der Waals surface area contributed by atoms with Gasteiger partial charge in [0.15, 0.2) is 5.01 Å². The summed E-state index contributed by atoms with van der Waals surface area (Å²) in [4.78, 5) is 12.9. The van der Waals surface area contributed by atoms with Crippen LogP contribution in [0.4, 0.5) is 9.52 Å². The number of carboxylic acid groups (broad SMARTS) is 1. The Hall–Kier alpha value is -1.54. The Kier molecular flexibility index (Phi) is 3.90. The Morgan fingerprint density at radius 3 is 3.05 bits per heavy atom. The molecule has 1 saturated heterocycles. The van der Waals surface area contributed by atoms with Crippen LogP contribution in [0.1, 0.15) is 12.8 Å². The van der Waals surface area contributed by atoms with Gasteiger partial charge in [0.05, 0.1) is 0 Å². The van der Waals surface area contributed by atoms with Crippen LogP contribution >= 0.6 is 27.3 Å². The van der Waals surface area contributed by atoms with Crippen LogP contribution in [-0.2, 0) is 4.79 Å². The number of hydrogen-bond acceptors (Lipinski definition) is 5. The van der Waals surface area contributed by atoms with E-state index in [-0.39, 0.29) is 5.82 Å². The molecule has 0 unspecified atom stereocenters. The standard InChI is InChI=1S/C13H11BrFN3O2S/c14-7-3-4-9(15)8(6-7)11-16-17-13(21-11)18-5-1-2-10(18)12(19)20/h3-4,6,10H,1-2,5H2,(H,19,20)/t10-/m1/s1. The van der Waals surface area contributed by atoms with Crippen LogP contribution in [0.15, 0.2) is 22.7 Å². The van der Waals surface area contributed by atoms with Crippen molar-refractivity contribution >= 4 is 38.4 Å². The molecular formula is C13H11BrFN3O2S. The highest BCUT2D eigenvalue weighted by atomic mass is 79.9. The van der Waals surface area contributed by atoms with E-state index in [1.807, 2.05) is 0 Å². The summed E-state index contributed by atoms with van der Waals surface area (Å²) in [5, 5.41) is 18.2. The van der Waals surface area contributed by atoms with Crippen molar-refractivity contribution in [2.24, 2.45) is 0 Å². The smallest absolute Gasteiger partial charge is 0.326 e. The Labute approximate surface area is 132 Å². The molecule has 0 spiro atoms. The number of aliphatic carboxylic acids is 1. The van der Waals surface area contributed by atoms with Crippen molar-refractivity contribution in [1.29, 1.82) is 0 Å². The first kappa shape index (κ1) is 14.4. The van der Waals surface area contributed by atoms with Crippen molar-refractivity contribution < 1.29 is 14.3 Å². The van der Waals surface area contributed by atoms with Crippen LogP contribution in [0.25, 0.3) is 10.6 Å². The highest BCUT2D eigenvalue weighted by molar-refractivity contribution is 9.10. The molecule has 1 atom stereocenters. The van der Waals surface area contributed by atoms with Crippen LogP contribution in [-0.4, -0.2) is 33.9 Å². The van der Waals surface area contributed by atoms with Gasteiger partial charge in [-0.25, -0.2) is 9.18 Å². The summed E-state index contributed by atoms with van der Waals surface area (Å²) >= 11 is 4.50. The Bertz CT molecular complexity index is 694. The fraction of sp³-hybridized carbons (Fsp3) is 0.308. The number of aromatic nitrogens is 2. The minimum Gasteiger partial charge on any atom is -0.480 e. The predicted octanol–water partition coefficient (Wildman–Crippen LogP) is 3.16. The largest absolute Gasteiger partial charge is 0.480 e. The van der Waals surface area contributed by atoms with E-state index in [4.69, 9.17) is 0 Å². The zero-order valence-corrected chi connectivity index (χ0v) is 13.2. The molecule has 0 saturated carbocycles. The molecule has 0 radical (unpaired) electrons. The summed E-state index contributed by atoms with van der Waals surface area (Å²) in [7, 11) is 0. The first-order chi connectivity index (χ1) is 10.1. The molecule has 21 heavy (non-hydrogen) atoms. The van der Waals surface area contributed by atoms with Gasteiger partial charge in [-0.3, -0.25) is 0 Å². The number of rotatable bonds is 3. The molecule has 8 heteroatoms.